The topological polar surface area (TPSA) is 48.0 Å². The number of aryl methyl sites for hydroxylation is 1. The number of pyridine rings is 1. The number of halogens is 1. The van der Waals surface area contributed by atoms with Crippen molar-refractivity contribution in [2.45, 2.75) is 24.4 Å². The second-order valence-corrected chi connectivity index (χ2v) is 8.65. The second-order valence-electron chi connectivity index (χ2n) is 7.30. The van der Waals surface area contributed by atoms with E-state index in [4.69, 9.17) is 16.6 Å². The van der Waals surface area contributed by atoms with Gasteiger partial charge < -0.3 is 4.40 Å². The van der Waals surface area contributed by atoms with Crippen LogP contribution in [0.3, 0.4) is 0 Å². The normalized spacial score (nSPS) is 11.3. The molecule has 154 valence electrons. The number of nitrogens with zero attached hydrogens (tertiary/aromatic N) is 5. The van der Waals surface area contributed by atoms with E-state index in [9.17, 15) is 0 Å². The average molecular weight is 446 g/mol. The number of rotatable bonds is 6. The zero-order valence-electron chi connectivity index (χ0n) is 16.9. The van der Waals surface area contributed by atoms with Crippen LogP contribution in [0.5, 0.6) is 0 Å². The molecule has 0 spiro atoms. The van der Waals surface area contributed by atoms with E-state index < -0.39 is 0 Å². The van der Waals surface area contributed by atoms with Crippen molar-refractivity contribution < 1.29 is 0 Å². The van der Waals surface area contributed by atoms with Gasteiger partial charge in [0.15, 0.2) is 11.0 Å². The molecule has 0 aliphatic carbocycles. The van der Waals surface area contributed by atoms with Crippen molar-refractivity contribution in [2.24, 2.45) is 0 Å². The first-order valence-electron chi connectivity index (χ1n) is 9.97. The molecule has 5 rings (SSSR count). The smallest absolute Gasteiger partial charge is 0.192 e. The molecular formula is C24H20ClN5S. The quantitative estimate of drug-likeness (QED) is 0.305. The third kappa shape index (κ3) is 4.09. The Balaban J connectivity index is 1.48. The molecule has 0 amide bonds. The molecule has 0 atom stereocenters. The van der Waals surface area contributed by atoms with E-state index in [1.807, 2.05) is 54.7 Å². The van der Waals surface area contributed by atoms with Crippen LogP contribution < -0.4 is 0 Å². The first-order valence-corrected chi connectivity index (χ1v) is 11.3. The van der Waals surface area contributed by atoms with Crippen LogP contribution in [0.4, 0.5) is 0 Å². The number of imidazole rings is 1. The van der Waals surface area contributed by atoms with Crippen molar-refractivity contribution in [3.8, 4) is 11.4 Å². The van der Waals surface area contributed by atoms with Gasteiger partial charge in [-0.05, 0) is 36.2 Å². The van der Waals surface area contributed by atoms with E-state index >= 15 is 0 Å². The van der Waals surface area contributed by atoms with Crippen molar-refractivity contribution in [1.82, 2.24) is 24.1 Å². The van der Waals surface area contributed by atoms with Crippen LogP contribution in [0.25, 0.3) is 17.0 Å². The maximum atomic E-state index is 6.48. The number of aromatic nitrogens is 5. The highest BCUT2D eigenvalue weighted by atomic mass is 35.5. The van der Waals surface area contributed by atoms with E-state index in [1.165, 1.54) is 5.56 Å². The van der Waals surface area contributed by atoms with Gasteiger partial charge in [-0.2, -0.15) is 0 Å². The van der Waals surface area contributed by atoms with Gasteiger partial charge in [0.1, 0.15) is 5.65 Å². The fraction of sp³-hybridized carbons (Fsp3) is 0.125. The van der Waals surface area contributed by atoms with E-state index in [0.29, 0.717) is 17.3 Å². The van der Waals surface area contributed by atoms with Crippen LogP contribution in [-0.2, 0) is 12.3 Å². The summed E-state index contributed by atoms with van der Waals surface area (Å²) in [5.74, 6) is 1.47. The minimum absolute atomic E-state index is 0.664. The van der Waals surface area contributed by atoms with Crippen molar-refractivity contribution in [1.29, 1.82) is 0 Å². The first-order chi connectivity index (χ1) is 15.2. The predicted octanol–water partition coefficient (Wildman–Crippen LogP) is 5.90. The molecule has 0 radical (unpaired) electrons. The first kappa shape index (κ1) is 19.8. The van der Waals surface area contributed by atoms with Crippen molar-refractivity contribution in [3.63, 3.8) is 0 Å². The molecule has 0 saturated carbocycles. The fourth-order valence-electron chi connectivity index (χ4n) is 3.56. The van der Waals surface area contributed by atoms with Gasteiger partial charge in [-0.25, -0.2) is 4.98 Å². The van der Waals surface area contributed by atoms with Crippen LogP contribution in [0.15, 0.2) is 84.3 Å². The highest BCUT2D eigenvalue weighted by Gasteiger charge is 2.17. The Morgan fingerprint density at radius 3 is 2.55 bits per heavy atom. The minimum atomic E-state index is 0.664. The Hall–Kier alpha value is -3.09. The zero-order valence-corrected chi connectivity index (χ0v) is 18.5. The van der Waals surface area contributed by atoms with Crippen LogP contribution >= 0.6 is 23.4 Å². The molecule has 0 aliphatic heterocycles. The minimum Gasteiger partial charge on any atom is -0.307 e. The van der Waals surface area contributed by atoms with Gasteiger partial charge in [-0.15, -0.1) is 10.2 Å². The summed E-state index contributed by atoms with van der Waals surface area (Å²) in [6, 6.07) is 22.2. The molecular weight excluding hydrogens is 426 g/mol. The van der Waals surface area contributed by atoms with Gasteiger partial charge in [0.2, 0.25) is 0 Å². The standard InChI is InChI=1S/C24H20ClN5S/c1-17-8-7-13-29-15-19(26-22(17)29)16-31-24-28-27-23(20-11-5-6-12-21(20)25)30(24)14-18-9-3-2-4-10-18/h2-13,15H,14,16H2,1H3. The molecule has 3 heterocycles. The number of benzene rings is 2. The van der Waals surface area contributed by atoms with Crippen LogP contribution in [-0.4, -0.2) is 24.1 Å². The third-order valence-corrected chi connectivity index (χ3v) is 6.42. The van der Waals surface area contributed by atoms with E-state index in [1.54, 1.807) is 11.8 Å². The lowest BCUT2D eigenvalue weighted by molar-refractivity contribution is 0.714. The molecule has 2 aromatic carbocycles. The lowest BCUT2D eigenvalue weighted by Crippen LogP contribution is -2.04. The third-order valence-electron chi connectivity index (χ3n) is 5.09. The highest BCUT2D eigenvalue weighted by molar-refractivity contribution is 7.98. The van der Waals surface area contributed by atoms with Crippen molar-refractivity contribution in [2.75, 3.05) is 0 Å². The molecule has 0 bridgehead atoms. The maximum Gasteiger partial charge on any atom is 0.192 e. The van der Waals surface area contributed by atoms with Gasteiger partial charge in [0.25, 0.3) is 0 Å². The molecule has 0 unspecified atom stereocenters. The summed E-state index contributed by atoms with van der Waals surface area (Å²) in [5.41, 5.74) is 5.21. The average Bonchev–Trinajstić information content (AvgIpc) is 3.38. The summed E-state index contributed by atoms with van der Waals surface area (Å²) in [6.45, 7) is 2.74. The lowest BCUT2D eigenvalue weighted by atomic mass is 10.2. The molecule has 0 aliphatic rings. The Labute approximate surface area is 189 Å². The highest BCUT2D eigenvalue weighted by Crippen LogP contribution is 2.31. The SMILES string of the molecule is Cc1cccn2cc(CSc3nnc(-c4ccccc4Cl)n3Cc3ccccc3)nc12. The van der Waals surface area contributed by atoms with Crippen molar-refractivity contribution >= 4 is 29.0 Å². The molecule has 5 aromatic rings. The lowest BCUT2D eigenvalue weighted by Gasteiger charge is -2.11. The van der Waals surface area contributed by atoms with Crippen LogP contribution in [0, 0.1) is 6.92 Å². The Bertz CT molecular complexity index is 1340. The fourth-order valence-corrected chi connectivity index (χ4v) is 4.60. The summed E-state index contributed by atoms with van der Waals surface area (Å²) in [4.78, 5) is 4.78. The largest absolute Gasteiger partial charge is 0.307 e. The second kappa shape index (κ2) is 8.57. The van der Waals surface area contributed by atoms with E-state index in [0.717, 1.165) is 33.4 Å². The molecule has 7 heteroatoms. The predicted molar refractivity (Wildman–Crippen MR) is 126 cm³/mol. The Kier molecular flexibility index (Phi) is 5.49. The van der Waals surface area contributed by atoms with Gasteiger partial charge in [0, 0.05) is 23.7 Å². The summed E-state index contributed by atoms with van der Waals surface area (Å²) in [6.07, 6.45) is 4.10. The number of hydrogen-bond acceptors (Lipinski definition) is 4. The summed E-state index contributed by atoms with van der Waals surface area (Å²) in [5, 5.41) is 10.5. The van der Waals surface area contributed by atoms with Gasteiger partial charge in [-0.1, -0.05) is 71.9 Å². The zero-order chi connectivity index (χ0) is 21.2. The molecule has 0 N–H and O–H groups in total. The summed E-state index contributed by atoms with van der Waals surface area (Å²) < 4.78 is 4.19. The molecule has 0 saturated heterocycles. The molecule has 3 aromatic heterocycles. The molecule has 31 heavy (non-hydrogen) atoms. The van der Waals surface area contributed by atoms with E-state index in [2.05, 4.69) is 50.5 Å². The summed E-state index contributed by atoms with van der Waals surface area (Å²) >= 11 is 8.11. The van der Waals surface area contributed by atoms with Gasteiger partial charge in [0.05, 0.1) is 17.3 Å². The van der Waals surface area contributed by atoms with Gasteiger partial charge >= 0.3 is 0 Å². The maximum absolute atomic E-state index is 6.48. The van der Waals surface area contributed by atoms with Gasteiger partial charge in [-0.3, -0.25) is 4.57 Å². The summed E-state index contributed by atoms with van der Waals surface area (Å²) in [7, 11) is 0. The van der Waals surface area contributed by atoms with Crippen molar-refractivity contribution in [3.05, 3.63) is 101 Å². The Morgan fingerprint density at radius 2 is 1.74 bits per heavy atom. The monoisotopic (exact) mass is 445 g/mol. The Morgan fingerprint density at radius 1 is 0.935 bits per heavy atom. The van der Waals surface area contributed by atoms with Crippen LogP contribution in [0.2, 0.25) is 5.02 Å². The molecule has 0 fully saturated rings. The number of thioether (sulfide) groups is 1. The van der Waals surface area contributed by atoms with E-state index in [-0.39, 0.29) is 0 Å². The van der Waals surface area contributed by atoms with Crippen LogP contribution in [0.1, 0.15) is 16.8 Å². The number of hydrogen-bond donors (Lipinski definition) is 0. The molecule has 5 nitrogen and oxygen atoms in total. The number of fused-ring (bicyclic) bond motifs is 1.